The summed E-state index contributed by atoms with van der Waals surface area (Å²) in [5, 5.41) is 13.0. The minimum atomic E-state index is -1.25. The van der Waals surface area contributed by atoms with Gasteiger partial charge < -0.3 is 9.90 Å². The maximum absolute atomic E-state index is 12.7. The van der Waals surface area contributed by atoms with E-state index in [1.54, 1.807) is 48.5 Å². The van der Waals surface area contributed by atoms with Crippen molar-refractivity contribution in [2.45, 2.75) is 6.54 Å². The number of para-hydroxylation sites is 1. The highest BCUT2D eigenvalue weighted by molar-refractivity contribution is 6.21. The molecule has 0 atom stereocenters. The minimum Gasteiger partial charge on any atom is -0.545 e. The van der Waals surface area contributed by atoms with E-state index >= 15 is 0 Å². The Balaban J connectivity index is 1.64. The number of carboxylic acid groups (broad SMARTS) is 1. The number of nitrogens with zero attached hydrogens (tertiary/aromatic N) is 2. The Morgan fingerprint density at radius 2 is 1.47 bits per heavy atom. The van der Waals surface area contributed by atoms with Gasteiger partial charge in [0.1, 0.15) is 7.05 Å². The van der Waals surface area contributed by atoms with Crippen molar-refractivity contribution in [3.8, 4) is 0 Å². The lowest BCUT2D eigenvalue weighted by Gasteiger charge is -2.15. The number of aromatic carboxylic acids is 1. The van der Waals surface area contributed by atoms with Crippen LogP contribution in [0.2, 0.25) is 0 Å². The van der Waals surface area contributed by atoms with E-state index in [-0.39, 0.29) is 23.9 Å². The number of imide groups is 1. The average Bonchev–Trinajstić information content (AvgIpc) is 2.99. The maximum Gasteiger partial charge on any atom is 0.261 e. The highest BCUT2D eigenvalue weighted by Crippen LogP contribution is 2.27. The van der Waals surface area contributed by atoms with Crippen molar-refractivity contribution in [2.24, 2.45) is 7.05 Å². The summed E-state index contributed by atoms with van der Waals surface area (Å²) in [7, 11) is 1.86. The van der Waals surface area contributed by atoms with Gasteiger partial charge >= 0.3 is 0 Å². The zero-order valence-corrected chi connectivity index (χ0v) is 16.1. The lowest BCUT2D eigenvalue weighted by atomic mass is 10.0. The molecule has 1 aliphatic rings. The summed E-state index contributed by atoms with van der Waals surface area (Å²) in [4.78, 5) is 38.5. The number of pyridine rings is 1. The zero-order valence-electron chi connectivity index (χ0n) is 16.1. The molecule has 0 unspecified atom stereocenters. The highest BCUT2D eigenvalue weighted by atomic mass is 16.4. The van der Waals surface area contributed by atoms with Gasteiger partial charge in [0, 0.05) is 17.7 Å². The van der Waals surface area contributed by atoms with Gasteiger partial charge in [0.15, 0.2) is 0 Å². The van der Waals surface area contributed by atoms with Gasteiger partial charge in [-0.05, 0) is 29.8 Å². The number of carbonyl (C=O) groups excluding carboxylic acids is 3. The molecular formula is C24H16N2O4. The third-order valence-electron chi connectivity index (χ3n) is 5.65. The van der Waals surface area contributed by atoms with Gasteiger partial charge in [-0.1, -0.05) is 30.3 Å². The minimum absolute atomic E-state index is 0.107. The van der Waals surface area contributed by atoms with Crippen molar-refractivity contribution in [3.63, 3.8) is 0 Å². The Kier molecular flexibility index (Phi) is 3.89. The van der Waals surface area contributed by atoms with Crippen LogP contribution in [-0.2, 0) is 13.6 Å². The second kappa shape index (κ2) is 6.49. The molecule has 0 aliphatic carbocycles. The molecule has 1 aliphatic heterocycles. The van der Waals surface area contributed by atoms with Crippen LogP contribution in [-0.4, -0.2) is 22.7 Å². The summed E-state index contributed by atoms with van der Waals surface area (Å²) in [6, 6.07) is 19.3. The number of rotatable bonds is 3. The Morgan fingerprint density at radius 1 is 0.867 bits per heavy atom. The topological polar surface area (TPSA) is 81.4 Å². The third kappa shape index (κ3) is 2.50. The molecule has 1 aromatic heterocycles. The van der Waals surface area contributed by atoms with Crippen LogP contribution in [0.15, 0.2) is 66.7 Å². The number of fused-ring (bicyclic) bond motifs is 3. The standard InChI is InChI=1S/C24H16N2O4/c1-25-19-9-5-4-8-17(19)21(24(29)30)18-11-10-14(12-20(18)25)13-26-22(27)15-6-2-3-7-16(15)23(26)28/h2-12H,13H2,1H3. The largest absolute Gasteiger partial charge is 0.545 e. The lowest BCUT2D eigenvalue weighted by molar-refractivity contribution is -0.617. The number of aryl methyl sites for hydroxylation is 1. The lowest BCUT2D eigenvalue weighted by Crippen LogP contribution is -2.33. The molecule has 0 saturated carbocycles. The van der Waals surface area contributed by atoms with Crippen LogP contribution in [0, 0.1) is 0 Å². The van der Waals surface area contributed by atoms with Crippen LogP contribution in [0.3, 0.4) is 0 Å². The summed E-state index contributed by atoms with van der Waals surface area (Å²) < 4.78 is 1.91. The maximum atomic E-state index is 12.7. The molecule has 6 heteroatoms. The fourth-order valence-electron chi connectivity index (χ4n) is 4.20. The third-order valence-corrected chi connectivity index (χ3v) is 5.65. The molecule has 2 amide bonds. The van der Waals surface area contributed by atoms with Crippen LogP contribution in [0.4, 0.5) is 0 Å². The van der Waals surface area contributed by atoms with Gasteiger partial charge in [0.05, 0.1) is 34.4 Å². The summed E-state index contributed by atoms with van der Waals surface area (Å²) >= 11 is 0. The van der Waals surface area contributed by atoms with Crippen molar-refractivity contribution < 1.29 is 24.1 Å². The van der Waals surface area contributed by atoms with Gasteiger partial charge in [-0.2, -0.15) is 4.57 Å². The van der Waals surface area contributed by atoms with Crippen LogP contribution in [0.5, 0.6) is 0 Å². The zero-order chi connectivity index (χ0) is 21.0. The summed E-state index contributed by atoms with van der Waals surface area (Å²) in [6.45, 7) is 0.107. The molecule has 0 fully saturated rings. The molecule has 146 valence electrons. The van der Waals surface area contributed by atoms with Gasteiger partial charge in [-0.25, -0.2) is 0 Å². The van der Waals surface area contributed by atoms with Crippen LogP contribution >= 0.6 is 0 Å². The number of benzene rings is 3. The Hall–Kier alpha value is -4.06. The van der Waals surface area contributed by atoms with Crippen molar-refractivity contribution in [1.82, 2.24) is 4.90 Å². The monoisotopic (exact) mass is 396 g/mol. The molecular weight excluding hydrogens is 380 g/mol. The number of carboxylic acids is 1. The van der Waals surface area contributed by atoms with Gasteiger partial charge in [0.25, 0.3) is 11.8 Å². The quantitative estimate of drug-likeness (QED) is 0.301. The smallest absolute Gasteiger partial charge is 0.261 e. The first-order valence-electron chi connectivity index (χ1n) is 9.47. The van der Waals surface area contributed by atoms with E-state index < -0.39 is 5.97 Å². The van der Waals surface area contributed by atoms with E-state index in [1.807, 2.05) is 29.8 Å². The predicted molar refractivity (Wildman–Crippen MR) is 108 cm³/mol. The first-order valence-corrected chi connectivity index (χ1v) is 9.47. The van der Waals surface area contributed by atoms with Crippen molar-refractivity contribution in [3.05, 3.63) is 89.0 Å². The fourth-order valence-corrected chi connectivity index (χ4v) is 4.20. The van der Waals surface area contributed by atoms with E-state index in [0.717, 1.165) is 11.1 Å². The summed E-state index contributed by atoms with van der Waals surface area (Å²) in [5.74, 6) is -1.90. The molecule has 5 rings (SSSR count). The van der Waals surface area contributed by atoms with Gasteiger partial charge in [-0.3, -0.25) is 14.5 Å². The predicted octanol–water partition coefficient (Wildman–Crippen LogP) is 1.98. The number of aromatic nitrogens is 1. The Morgan fingerprint density at radius 3 is 2.13 bits per heavy atom. The first-order chi connectivity index (χ1) is 14.5. The molecule has 0 spiro atoms. The van der Waals surface area contributed by atoms with Crippen LogP contribution in [0.25, 0.3) is 21.8 Å². The molecule has 6 nitrogen and oxygen atoms in total. The van der Waals surface area contributed by atoms with Crippen molar-refractivity contribution in [1.29, 1.82) is 0 Å². The molecule has 0 radical (unpaired) electrons. The average molecular weight is 396 g/mol. The number of hydrogen-bond acceptors (Lipinski definition) is 4. The van der Waals surface area contributed by atoms with Crippen LogP contribution in [0.1, 0.15) is 36.6 Å². The molecule has 0 saturated heterocycles. The number of hydrogen-bond donors (Lipinski definition) is 0. The first kappa shape index (κ1) is 18.0. The second-order valence-electron chi connectivity index (χ2n) is 7.33. The van der Waals surface area contributed by atoms with Gasteiger partial charge in [-0.15, -0.1) is 0 Å². The molecule has 4 aromatic rings. The van der Waals surface area contributed by atoms with E-state index in [9.17, 15) is 19.5 Å². The van der Waals surface area contributed by atoms with Crippen molar-refractivity contribution >= 4 is 39.6 Å². The molecule has 3 aromatic carbocycles. The second-order valence-corrected chi connectivity index (χ2v) is 7.33. The summed E-state index contributed by atoms with van der Waals surface area (Å²) in [6.07, 6.45) is 0. The molecule has 0 bridgehead atoms. The van der Waals surface area contributed by atoms with Gasteiger partial charge in [0.2, 0.25) is 11.0 Å². The van der Waals surface area contributed by atoms with E-state index in [4.69, 9.17) is 0 Å². The SMILES string of the molecule is C[n+]1c2ccccc2c(C(=O)[O-])c2ccc(CN3C(=O)c4ccccc4C3=O)cc21. The fraction of sp³-hybridized carbons (Fsp3) is 0.0833. The molecule has 30 heavy (non-hydrogen) atoms. The summed E-state index contributed by atoms with van der Waals surface area (Å²) in [5.41, 5.74) is 3.10. The van der Waals surface area contributed by atoms with Crippen LogP contribution < -0.4 is 9.67 Å². The molecule has 0 N–H and O–H groups in total. The Bertz CT molecular complexity index is 1370. The van der Waals surface area contributed by atoms with E-state index in [0.29, 0.717) is 27.4 Å². The van der Waals surface area contributed by atoms with Crippen molar-refractivity contribution in [2.75, 3.05) is 0 Å². The Labute approximate surface area is 171 Å². The van der Waals surface area contributed by atoms with E-state index in [2.05, 4.69) is 0 Å². The highest BCUT2D eigenvalue weighted by Gasteiger charge is 2.35. The van der Waals surface area contributed by atoms with E-state index in [1.165, 1.54) is 4.90 Å². The molecule has 2 heterocycles. The number of amides is 2. The number of carbonyl (C=O) groups is 3. The normalized spacial score (nSPS) is 13.3.